The first-order valence-electron chi connectivity index (χ1n) is 10.1. The van der Waals surface area contributed by atoms with E-state index >= 15 is 0 Å². The Bertz CT molecular complexity index is 893. The maximum Gasteiger partial charge on any atom is 0.255 e. The molecule has 0 aromatic heterocycles. The Hall–Kier alpha value is -2.22. The first-order chi connectivity index (χ1) is 15.0. The third kappa shape index (κ3) is 6.15. The normalized spacial score (nSPS) is 17.1. The molecule has 0 bridgehead atoms. The average molecular weight is 463 g/mol. The van der Waals surface area contributed by atoms with Crippen LogP contribution in [0.3, 0.4) is 0 Å². The van der Waals surface area contributed by atoms with Crippen LogP contribution in [0.15, 0.2) is 48.5 Å². The molecule has 2 amide bonds. The van der Waals surface area contributed by atoms with Crippen molar-refractivity contribution in [3.8, 4) is 5.75 Å². The van der Waals surface area contributed by atoms with Crippen LogP contribution in [0.2, 0.25) is 5.02 Å². The Morgan fingerprint density at radius 1 is 1.26 bits per heavy atom. The summed E-state index contributed by atoms with van der Waals surface area (Å²) in [6, 6.07) is 13.8. The highest BCUT2D eigenvalue weighted by Gasteiger charge is 2.31. The van der Waals surface area contributed by atoms with Gasteiger partial charge in [0.25, 0.3) is 5.91 Å². The first kappa shape index (κ1) is 23.4. The standard InChI is InChI=1S/C23H27ClN2O4S/c1-29-20-6-4-3-5-18(20)22(27)25-19(11-14-31-2)23(28)26-12-13-30-21(15-26)16-7-9-17(24)10-8-16/h3-10,19,21H,11-15H2,1-2H3,(H,25,27). The van der Waals surface area contributed by atoms with E-state index in [9.17, 15) is 9.59 Å². The SMILES string of the molecule is COc1ccccc1C(=O)NC(CCSC)C(=O)N1CCOC(c2ccc(Cl)cc2)C1. The first-order valence-corrected chi connectivity index (χ1v) is 11.9. The van der Waals surface area contributed by atoms with Gasteiger partial charge >= 0.3 is 0 Å². The molecule has 2 unspecified atom stereocenters. The number of nitrogens with one attached hydrogen (secondary N) is 1. The zero-order valence-corrected chi connectivity index (χ0v) is 19.2. The molecule has 2 atom stereocenters. The van der Waals surface area contributed by atoms with E-state index < -0.39 is 6.04 Å². The number of hydrogen-bond acceptors (Lipinski definition) is 5. The van der Waals surface area contributed by atoms with Crippen LogP contribution in [0, 0.1) is 0 Å². The van der Waals surface area contributed by atoms with Crippen molar-refractivity contribution in [3.63, 3.8) is 0 Å². The Kier molecular flexibility index (Phi) is 8.63. The van der Waals surface area contributed by atoms with Gasteiger partial charge in [-0.2, -0.15) is 11.8 Å². The van der Waals surface area contributed by atoms with Crippen molar-refractivity contribution in [2.24, 2.45) is 0 Å². The number of halogens is 1. The molecule has 0 radical (unpaired) electrons. The number of methoxy groups -OCH3 is 1. The highest BCUT2D eigenvalue weighted by molar-refractivity contribution is 7.98. The fourth-order valence-electron chi connectivity index (χ4n) is 3.51. The van der Waals surface area contributed by atoms with E-state index in [1.807, 2.05) is 30.5 Å². The second-order valence-electron chi connectivity index (χ2n) is 7.20. The van der Waals surface area contributed by atoms with Gasteiger partial charge < -0.3 is 19.7 Å². The molecule has 8 heteroatoms. The number of morpholine rings is 1. The van der Waals surface area contributed by atoms with Crippen LogP contribution in [0.25, 0.3) is 0 Å². The van der Waals surface area contributed by atoms with E-state index in [1.165, 1.54) is 7.11 Å². The van der Waals surface area contributed by atoms with E-state index in [1.54, 1.807) is 40.9 Å². The maximum atomic E-state index is 13.4. The molecule has 0 spiro atoms. The van der Waals surface area contributed by atoms with Crippen LogP contribution >= 0.6 is 23.4 Å². The lowest BCUT2D eigenvalue weighted by Crippen LogP contribution is -2.52. The lowest BCUT2D eigenvalue weighted by atomic mass is 10.1. The van der Waals surface area contributed by atoms with Gasteiger partial charge in [0, 0.05) is 11.6 Å². The molecule has 2 aromatic carbocycles. The van der Waals surface area contributed by atoms with Gasteiger partial charge in [-0.1, -0.05) is 35.9 Å². The third-order valence-corrected chi connectivity index (χ3v) is 6.08. The van der Waals surface area contributed by atoms with Gasteiger partial charge in [0.05, 0.1) is 25.8 Å². The topological polar surface area (TPSA) is 67.9 Å². The summed E-state index contributed by atoms with van der Waals surface area (Å²) in [4.78, 5) is 28.0. The van der Waals surface area contributed by atoms with Crippen LogP contribution in [-0.4, -0.2) is 61.6 Å². The van der Waals surface area contributed by atoms with Gasteiger partial charge in [0.2, 0.25) is 5.91 Å². The van der Waals surface area contributed by atoms with Crippen molar-refractivity contribution in [3.05, 3.63) is 64.7 Å². The second kappa shape index (κ2) is 11.4. The summed E-state index contributed by atoms with van der Waals surface area (Å²) in [5, 5.41) is 3.58. The van der Waals surface area contributed by atoms with E-state index in [2.05, 4.69) is 5.32 Å². The van der Waals surface area contributed by atoms with Crippen molar-refractivity contribution < 1.29 is 19.1 Å². The minimum atomic E-state index is -0.617. The zero-order chi connectivity index (χ0) is 22.2. The summed E-state index contributed by atoms with van der Waals surface area (Å²) in [6.45, 7) is 1.36. The van der Waals surface area contributed by atoms with Crippen LogP contribution in [0.1, 0.15) is 28.4 Å². The summed E-state index contributed by atoms with van der Waals surface area (Å²) in [5.41, 5.74) is 1.38. The van der Waals surface area contributed by atoms with Crippen LogP contribution in [0.4, 0.5) is 0 Å². The quantitative estimate of drug-likeness (QED) is 0.646. The number of rotatable bonds is 8. The molecule has 0 saturated carbocycles. The molecule has 1 aliphatic rings. The summed E-state index contributed by atoms with van der Waals surface area (Å²) in [6.07, 6.45) is 2.31. The summed E-state index contributed by atoms with van der Waals surface area (Å²) in [5.74, 6) is 0.817. The maximum absolute atomic E-state index is 13.4. The number of nitrogens with zero attached hydrogens (tertiary/aromatic N) is 1. The molecular weight excluding hydrogens is 436 g/mol. The minimum absolute atomic E-state index is 0.0976. The number of carbonyl (C=O) groups is 2. The summed E-state index contributed by atoms with van der Waals surface area (Å²) < 4.78 is 11.2. The van der Waals surface area contributed by atoms with Gasteiger partial charge in [-0.3, -0.25) is 9.59 Å². The highest BCUT2D eigenvalue weighted by atomic mass is 35.5. The van der Waals surface area contributed by atoms with Gasteiger partial charge in [0.15, 0.2) is 0 Å². The Labute approximate surface area is 192 Å². The Morgan fingerprint density at radius 2 is 2.00 bits per heavy atom. The molecule has 0 aliphatic carbocycles. The Morgan fingerprint density at radius 3 is 2.71 bits per heavy atom. The third-order valence-electron chi connectivity index (χ3n) is 5.19. The summed E-state index contributed by atoms with van der Waals surface area (Å²) in [7, 11) is 1.52. The number of thioether (sulfide) groups is 1. The van der Waals surface area contributed by atoms with E-state index in [0.29, 0.717) is 42.5 Å². The molecule has 1 heterocycles. The molecule has 3 rings (SSSR count). The molecular formula is C23H27ClN2O4S. The van der Waals surface area contributed by atoms with E-state index in [4.69, 9.17) is 21.1 Å². The number of para-hydroxylation sites is 1. The van der Waals surface area contributed by atoms with Crippen molar-refractivity contribution >= 4 is 35.2 Å². The van der Waals surface area contributed by atoms with Crippen molar-refractivity contribution in [1.82, 2.24) is 10.2 Å². The molecule has 2 aromatic rings. The van der Waals surface area contributed by atoms with Crippen LogP contribution in [-0.2, 0) is 9.53 Å². The number of carbonyl (C=O) groups excluding carboxylic acids is 2. The second-order valence-corrected chi connectivity index (χ2v) is 8.63. The van der Waals surface area contributed by atoms with Crippen molar-refractivity contribution in [2.45, 2.75) is 18.6 Å². The number of benzene rings is 2. The minimum Gasteiger partial charge on any atom is -0.496 e. The monoisotopic (exact) mass is 462 g/mol. The van der Waals surface area contributed by atoms with Crippen molar-refractivity contribution in [1.29, 1.82) is 0 Å². The molecule has 166 valence electrons. The van der Waals surface area contributed by atoms with Gasteiger partial charge in [0.1, 0.15) is 17.9 Å². The predicted octanol–water partition coefficient (Wildman–Crippen LogP) is 3.80. The highest BCUT2D eigenvalue weighted by Crippen LogP contribution is 2.25. The van der Waals surface area contributed by atoms with E-state index in [0.717, 1.165) is 11.3 Å². The van der Waals surface area contributed by atoms with Crippen molar-refractivity contribution in [2.75, 3.05) is 38.8 Å². The molecule has 1 N–H and O–H groups in total. The molecule has 31 heavy (non-hydrogen) atoms. The van der Waals surface area contributed by atoms with Crippen LogP contribution < -0.4 is 10.1 Å². The fourth-order valence-corrected chi connectivity index (χ4v) is 4.11. The molecule has 6 nitrogen and oxygen atoms in total. The lowest BCUT2D eigenvalue weighted by Gasteiger charge is -2.35. The average Bonchev–Trinajstić information content (AvgIpc) is 2.81. The largest absolute Gasteiger partial charge is 0.496 e. The number of ether oxygens (including phenoxy) is 2. The molecule has 1 fully saturated rings. The summed E-state index contributed by atoms with van der Waals surface area (Å²) >= 11 is 7.62. The van der Waals surface area contributed by atoms with Crippen LogP contribution in [0.5, 0.6) is 5.75 Å². The number of amides is 2. The van der Waals surface area contributed by atoms with Gasteiger partial charge in [-0.15, -0.1) is 0 Å². The smallest absolute Gasteiger partial charge is 0.255 e. The number of hydrogen-bond donors (Lipinski definition) is 1. The molecule has 1 saturated heterocycles. The molecule has 1 aliphatic heterocycles. The van der Waals surface area contributed by atoms with Gasteiger partial charge in [-0.05, 0) is 48.3 Å². The zero-order valence-electron chi connectivity index (χ0n) is 17.7. The fraction of sp³-hybridized carbons (Fsp3) is 0.391. The van der Waals surface area contributed by atoms with Gasteiger partial charge in [-0.25, -0.2) is 0 Å². The predicted molar refractivity (Wildman–Crippen MR) is 124 cm³/mol. The Balaban J connectivity index is 1.72. The van der Waals surface area contributed by atoms with E-state index in [-0.39, 0.29) is 17.9 Å². The lowest BCUT2D eigenvalue weighted by molar-refractivity contribution is -0.141.